The van der Waals surface area contributed by atoms with E-state index in [1.54, 1.807) is 4.57 Å². The zero-order valence-electron chi connectivity index (χ0n) is 12.7. The number of hydrogen-bond acceptors (Lipinski definition) is 5. The molecule has 0 fully saturated rings. The molecule has 0 aliphatic carbocycles. The van der Waals surface area contributed by atoms with Crippen molar-refractivity contribution in [3.05, 3.63) is 17.7 Å². The molecule has 0 saturated carbocycles. The van der Waals surface area contributed by atoms with Gasteiger partial charge in [-0.2, -0.15) is 15.8 Å². The predicted molar refractivity (Wildman–Crippen MR) is 77.8 cm³/mol. The third-order valence-corrected chi connectivity index (χ3v) is 3.23. The van der Waals surface area contributed by atoms with Crippen molar-refractivity contribution < 1.29 is 0 Å². The summed E-state index contributed by atoms with van der Waals surface area (Å²) in [6.45, 7) is 6.56. The zero-order chi connectivity index (χ0) is 15.9. The van der Waals surface area contributed by atoms with Gasteiger partial charge in [-0.05, 0) is 40.0 Å². The number of rotatable bonds is 7. The fourth-order valence-electron chi connectivity index (χ4n) is 2.31. The molecule has 1 heterocycles. The quantitative estimate of drug-likeness (QED) is 0.772. The van der Waals surface area contributed by atoms with Crippen LogP contribution in [0.3, 0.4) is 0 Å². The predicted octanol–water partition coefficient (Wildman–Crippen LogP) is 2.08. The minimum Gasteiger partial charge on any atom is -0.321 e. The van der Waals surface area contributed by atoms with Crippen molar-refractivity contribution >= 4 is 0 Å². The van der Waals surface area contributed by atoms with Crippen LogP contribution in [-0.4, -0.2) is 21.1 Å². The van der Waals surface area contributed by atoms with Gasteiger partial charge in [0, 0.05) is 12.6 Å². The lowest BCUT2D eigenvalue weighted by molar-refractivity contribution is 0.365. The van der Waals surface area contributed by atoms with Crippen molar-refractivity contribution in [2.75, 3.05) is 0 Å². The van der Waals surface area contributed by atoms with E-state index >= 15 is 0 Å². The highest BCUT2D eigenvalue weighted by Gasteiger charge is 2.23. The molecule has 110 valence electrons. The van der Waals surface area contributed by atoms with Gasteiger partial charge < -0.3 is 4.57 Å². The Morgan fingerprint density at radius 1 is 1.29 bits per heavy atom. The van der Waals surface area contributed by atoms with Crippen molar-refractivity contribution in [3.63, 3.8) is 0 Å². The molecular formula is C15H20N6. The second-order valence-electron chi connectivity index (χ2n) is 5.56. The van der Waals surface area contributed by atoms with Crippen LogP contribution in [0.4, 0.5) is 0 Å². The minimum absolute atomic E-state index is 0.167. The Balaban J connectivity index is 2.52. The van der Waals surface area contributed by atoms with Crippen molar-refractivity contribution in [2.24, 2.45) is 0 Å². The Labute approximate surface area is 125 Å². The largest absolute Gasteiger partial charge is 0.321 e. The van der Waals surface area contributed by atoms with E-state index in [0.717, 1.165) is 19.3 Å². The molecule has 0 aromatic carbocycles. The molecule has 0 aliphatic rings. The molecule has 1 aromatic heterocycles. The summed E-state index contributed by atoms with van der Waals surface area (Å²) in [5.41, 5.74) is -0.0550. The van der Waals surface area contributed by atoms with E-state index in [1.165, 1.54) is 6.33 Å². The first-order valence-electron chi connectivity index (χ1n) is 7.00. The zero-order valence-corrected chi connectivity index (χ0v) is 12.7. The monoisotopic (exact) mass is 284 g/mol. The van der Waals surface area contributed by atoms with Gasteiger partial charge in [0.25, 0.3) is 0 Å². The third-order valence-electron chi connectivity index (χ3n) is 3.23. The van der Waals surface area contributed by atoms with Gasteiger partial charge in [-0.15, -0.1) is 0 Å². The van der Waals surface area contributed by atoms with Crippen molar-refractivity contribution in [2.45, 2.75) is 58.2 Å². The van der Waals surface area contributed by atoms with Gasteiger partial charge >= 0.3 is 0 Å². The van der Waals surface area contributed by atoms with E-state index in [9.17, 15) is 5.26 Å². The summed E-state index contributed by atoms with van der Waals surface area (Å²) in [5, 5.41) is 30.4. The summed E-state index contributed by atoms with van der Waals surface area (Å²) in [7, 11) is 0. The summed E-state index contributed by atoms with van der Waals surface area (Å²) in [6.07, 6.45) is 3.94. The second kappa shape index (κ2) is 7.43. The average Bonchev–Trinajstić information content (AvgIpc) is 2.84. The van der Waals surface area contributed by atoms with Crippen molar-refractivity contribution in [3.8, 4) is 18.2 Å². The SMILES string of the molecule is CC(C)NC(C)(C#N)CCCCn1cnc(C#N)c1C#N. The lowest BCUT2D eigenvalue weighted by atomic mass is 9.95. The number of unbranched alkanes of at least 4 members (excludes halogenated alkanes) is 1. The Hall–Kier alpha value is -2.36. The number of nitrogens with zero attached hydrogens (tertiary/aromatic N) is 5. The molecule has 1 N–H and O–H groups in total. The number of hydrogen-bond donors (Lipinski definition) is 1. The summed E-state index contributed by atoms with van der Waals surface area (Å²) >= 11 is 0. The van der Waals surface area contributed by atoms with Gasteiger partial charge in [0.15, 0.2) is 11.4 Å². The summed E-state index contributed by atoms with van der Waals surface area (Å²) in [5.74, 6) is 0. The van der Waals surface area contributed by atoms with Crippen LogP contribution in [-0.2, 0) is 6.54 Å². The molecule has 1 atom stereocenters. The van der Waals surface area contributed by atoms with E-state index in [1.807, 2.05) is 32.9 Å². The summed E-state index contributed by atoms with van der Waals surface area (Å²) in [6, 6.07) is 6.48. The lowest BCUT2D eigenvalue weighted by Crippen LogP contribution is -2.44. The maximum absolute atomic E-state index is 9.26. The van der Waals surface area contributed by atoms with E-state index in [0.29, 0.717) is 12.2 Å². The Kier molecular flexibility index (Phi) is 5.91. The average molecular weight is 284 g/mol. The van der Waals surface area contributed by atoms with Crippen LogP contribution in [0.15, 0.2) is 6.33 Å². The van der Waals surface area contributed by atoms with Gasteiger partial charge in [0.1, 0.15) is 17.7 Å². The highest BCUT2D eigenvalue weighted by atomic mass is 15.1. The standard InChI is InChI=1S/C15H20N6/c1-12(2)20-15(3,10-18)6-4-5-7-21-11-19-13(8-16)14(21)9-17/h11-12,20H,4-7H2,1-3H3. The molecular weight excluding hydrogens is 264 g/mol. The number of nitrogens with one attached hydrogen (secondary N) is 1. The normalized spacial score (nSPS) is 13.2. The van der Waals surface area contributed by atoms with Crippen LogP contribution in [0.1, 0.15) is 51.4 Å². The Morgan fingerprint density at radius 3 is 2.52 bits per heavy atom. The van der Waals surface area contributed by atoms with Gasteiger partial charge in [-0.1, -0.05) is 0 Å². The molecule has 6 nitrogen and oxygen atoms in total. The smallest absolute Gasteiger partial charge is 0.176 e. The molecule has 1 rings (SSSR count). The van der Waals surface area contributed by atoms with E-state index in [4.69, 9.17) is 10.5 Å². The number of imidazole rings is 1. The fraction of sp³-hybridized carbons (Fsp3) is 0.600. The second-order valence-corrected chi connectivity index (χ2v) is 5.56. The van der Waals surface area contributed by atoms with E-state index in [2.05, 4.69) is 16.4 Å². The van der Waals surface area contributed by atoms with Gasteiger partial charge in [-0.3, -0.25) is 5.32 Å². The highest BCUT2D eigenvalue weighted by molar-refractivity contribution is 5.35. The molecule has 6 heteroatoms. The van der Waals surface area contributed by atoms with Crippen LogP contribution < -0.4 is 5.32 Å². The first-order valence-corrected chi connectivity index (χ1v) is 7.00. The van der Waals surface area contributed by atoms with E-state index < -0.39 is 5.54 Å². The third kappa shape index (κ3) is 4.60. The molecule has 1 aromatic rings. The van der Waals surface area contributed by atoms with Crippen molar-refractivity contribution in [1.82, 2.24) is 14.9 Å². The number of nitriles is 3. The summed E-state index contributed by atoms with van der Waals surface area (Å²) < 4.78 is 1.69. The fourth-order valence-corrected chi connectivity index (χ4v) is 2.31. The molecule has 0 saturated heterocycles. The van der Waals surface area contributed by atoms with Gasteiger partial charge in [0.05, 0.1) is 12.4 Å². The molecule has 0 amide bonds. The van der Waals surface area contributed by atoms with Crippen LogP contribution in [0.5, 0.6) is 0 Å². The van der Waals surface area contributed by atoms with E-state index in [-0.39, 0.29) is 11.7 Å². The van der Waals surface area contributed by atoms with Crippen LogP contribution in [0.25, 0.3) is 0 Å². The topological polar surface area (TPSA) is 101 Å². The molecule has 0 aliphatic heterocycles. The maximum atomic E-state index is 9.26. The molecule has 21 heavy (non-hydrogen) atoms. The van der Waals surface area contributed by atoms with Crippen LogP contribution in [0.2, 0.25) is 0 Å². The molecule has 0 bridgehead atoms. The maximum Gasteiger partial charge on any atom is 0.176 e. The van der Waals surface area contributed by atoms with Crippen LogP contribution >= 0.6 is 0 Å². The molecule has 1 unspecified atom stereocenters. The highest BCUT2D eigenvalue weighted by Crippen LogP contribution is 2.15. The van der Waals surface area contributed by atoms with Crippen molar-refractivity contribution in [1.29, 1.82) is 15.8 Å². The Bertz CT molecular complexity index is 595. The Morgan fingerprint density at radius 2 is 2.00 bits per heavy atom. The molecule has 0 radical (unpaired) electrons. The minimum atomic E-state index is -0.529. The molecule has 0 spiro atoms. The van der Waals surface area contributed by atoms with Gasteiger partial charge in [-0.25, -0.2) is 4.98 Å². The number of aryl methyl sites for hydroxylation is 1. The first kappa shape index (κ1) is 16.7. The first-order chi connectivity index (χ1) is 9.95. The number of aromatic nitrogens is 2. The van der Waals surface area contributed by atoms with Gasteiger partial charge in [0.2, 0.25) is 0 Å². The lowest BCUT2D eigenvalue weighted by Gasteiger charge is -2.25. The summed E-state index contributed by atoms with van der Waals surface area (Å²) in [4.78, 5) is 3.90. The van der Waals surface area contributed by atoms with Crippen LogP contribution in [0, 0.1) is 34.0 Å².